The number of hydrogen-bond donors (Lipinski definition) is 3. The summed E-state index contributed by atoms with van der Waals surface area (Å²) in [5, 5.41) is 14.7. The summed E-state index contributed by atoms with van der Waals surface area (Å²) in [5.74, 6) is -0.896. The first-order valence-corrected chi connectivity index (χ1v) is 11.6. The molecule has 0 bridgehead atoms. The summed E-state index contributed by atoms with van der Waals surface area (Å²) in [6.07, 6.45) is 0.188. The van der Waals surface area contributed by atoms with E-state index in [9.17, 15) is 27.1 Å². The van der Waals surface area contributed by atoms with E-state index < -0.39 is 35.0 Å². The van der Waals surface area contributed by atoms with Crippen molar-refractivity contribution in [3.8, 4) is 11.3 Å². The third-order valence-electron chi connectivity index (χ3n) is 6.94. The number of aromatic nitrogens is 5. The van der Waals surface area contributed by atoms with Crippen LogP contribution in [0.15, 0.2) is 61.3 Å². The molecule has 0 aliphatic carbocycles. The fraction of sp³-hybridized carbons (Fsp3) is 0.320. The summed E-state index contributed by atoms with van der Waals surface area (Å²) in [6.45, 7) is 2.98. The Kier molecular flexibility index (Phi) is 6.32. The van der Waals surface area contributed by atoms with Crippen LogP contribution in [-0.4, -0.2) is 37.7 Å². The van der Waals surface area contributed by atoms with Crippen molar-refractivity contribution in [2.24, 2.45) is 0 Å². The fourth-order valence-electron chi connectivity index (χ4n) is 4.86. The topological polar surface area (TPSA) is 75.7 Å². The molecule has 5 rings (SSSR count). The molecule has 0 unspecified atom stereocenters. The molecule has 0 saturated heterocycles. The van der Waals surface area contributed by atoms with Gasteiger partial charge in [0, 0.05) is 29.8 Å². The smallest absolute Gasteiger partial charge is 0.379 e. The van der Waals surface area contributed by atoms with Crippen LogP contribution < -0.4 is 9.25 Å². The molecule has 0 radical (unpaired) electrons. The van der Waals surface area contributed by atoms with Crippen LogP contribution >= 0.6 is 0 Å². The van der Waals surface area contributed by atoms with Gasteiger partial charge in [-0.2, -0.15) is 23.0 Å². The van der Waals surface area contributed by atoms with E-state index in [0.29, 0.717) is 30.9 Å². The normalized spacial score (nSPS) is 16.8. The fourth-order valence-corrected chi connectivity index (χ4v) is 4.86. The first-order chi connectivity index (χ1) is 17.5. The van der Waals surface area contributed by atoms with Crippen molar-refractivity contribution in [1.29, 1.82) is 0 Å². The Labute approximate surface area is 208 Å². The van der Waals surface area contributed by atoms with E-state index in [1.165, 1.54) is 29.5 Å². The lowest BCUT2D eigenvalue weighted by atomic mass is 9.85. The Balaban J connectivity index is 1.45. The van der Waals surface area contributed by atoms with E-state index in [2.05, 4.69) is 15.1 Å². The highest BCUT2D eigenvalue weighted by Crippen LogP contribution is 2.34. The Morgan fingerprint density at radius 1 is 1.16 bits per heavy atom. The van der Waals surface area contributed by atoms with E-state index in [1.807, 2.05) is 9.47 Å². The Bertz CT molecular complexity index is 1400. The van der Waals surface area contributed by atoms with Crippen molar-refractivity contribution in [2.75, 3.05) is 6.54 Å². The first kappa shape index (κ1) is 25.0. The van der Waals surface area contributed by atoms with E-state index in [4.69, 9.17) is 0 Å². The number of nitrogens with zero attached hydrogens (tertiary/aromatic N) is 4. The van der Waals surface area contributed by atoms with Gasteiger partial charge in [-0.05, 0) is 30.1 Å². The van der Waals surface area contributed by atoms with Crippen LogP contribution in [0.25, 0.3) is 11.3 Å². The van der Waals surface area contributed by atoms with Crippen LogP contribution in [0.5, 0.6) is 0 Å². The molecule has 12 heteroatoms. The van der Waals surface area contributed by atoms with Crippen molar-refractivity contribution in [2.45, 2.75) is 44.4 Å². The molecular weight excluding hydrogens is 495 g/mol. The maximum absolute atomic E-state index is 14.9. The van der Waals surface area contributed by atoms with Crippen LogP contribution in [0.1, 0.15) is 23.9 Å². The van der Waals surface area contributed by atoms with Crippen molar-refractivity contribution in [3.05, 3.63) is 89.9 Å². The molecule has 1 aliphatic rings. The van der Waals surface area contributed by atoms with Crippen molar-refractivity contribution < 1.29 is 36.3 Å². The summed E-state index contributed by atoms with van der Waals surface area (Å²) in [5.41, 5.74) is -1.63. The van der Waals surface area contributed by atoms with Crippen LogP contribution in [0.3, 0.4) is 0 Å². The first-order valence-electron chi connectivity index (χ1n) is 11.6. The molecule has 2 aromatic carbocycles. The van der Waals surface area contributed by atoms with Gasteiger partial charge in [-0.25, -0.2) is 18.3 Å². The average molecular weight is 521 g/mol. The van der Waals surface area contributed by atoms with Gasteiger partial charge in [0.2, 0.25) is 6.33 Å². The van der Waals surface area contributed by atoms with Crippen molar-refractivity contribution in [3.63, 3.8) is 0 Å². The zero-order chi connectivity index (χ0) is 26.4. The van der Waals surface area contributed by atoms with Gasteiger partial charge in [-0.1, -0.05) is 18.2 Å². The molecular formula is C25H25F5N6O+2. The van der Waals surface area contributed by atoms with Gasteiger partial charge in [0.05, 0.1) is 5.56 Å². The van der Waals surface area contributed by atoms with Gasteiger partial charge < -0.3 is 5.11 Å². The number of hydrogen-bond acceptors (Lipinski definition) is 3. The number of imidazole rings is 1. The lowest BCUT2D eigenvalue weighted by molar-refractivity contribution is -0.765. The molecule has 3 heterocycles. The summed E-state index contributed by atoms with van der Waals surface area (Å²) >= 11 is 0. The second-order valence-electron chi connectivity index (χ2n) is 9.23. The summed E-state index contributed by atoms with van der Waals surface area (Å²) in [4.78, 5) is 9.08. The second-order valence-corrected chi connectivity index (χ2v) is 9.23. The standard InChI is InChI=1S/C25H23F5N6O/c1-16(24(37,13-36-15-31-14-32-36)20-6-5-19(26)10-21(20)27)34-7-8-35-11-22(33-23(35)12-34)17-3-2-4-18(9-17)25(28,29)30/h2-6,9-11,14-16,37H,7-8,12-13H2,1H3/p+2/t16-,24-/m1/s1. The molecule has 0 amide bonds. The average Bonchev–Trinajstić information content (AvgIpc) is 3.52. The Morgan fingerprint density at radius 2 is 1.97 bits per heavy atom. The number of benzene rings is 2. The monoisotopic (exact) mass is 520 g/mol. The predicted molar refractivity (Wildman–Crippen MR) is 120 cm³/mol. The molecule has 37 heavy (non-hydrogen) atoms. The second kappa shape index (κ2) is 9.34. The number of aliphatic hydroxyl groups is 1. The van der Waals surface area contributed by atoms with Gasteiger partial charge in [0.1, 0.15) is 43.1 Å². The quantitative estimate of drug-likeness (QED) is 0.270. The third kappa shape index (κ3) is 4.86. The van der Waals surface area contributed by atoms with Crippen LogP contribution in [0.4, 0.5) is 22.0 Å². The minimum absolute atomic E-state index is 0.0573. The van der Waals surface area contributed by atoms with Crippen molar-refractivity contribution >= 4 is 0 Å². The lowest BCUT2D eigenvalue weighted by Crippen LogP contribution is -2.60. The predicted octanol–water partition coefficient (Wildman–Crippen LogP) is 3.07. The summed E-state index contributed by atoms with van der Waals surface area (Å²) < 4.78 is 71.5. The molecule has 1 aliphatic heterocycles. The van der Waals surface area contributed by atoms with E-state index in [1.54, 1.807) is 19.2 Å². The maximum Gasteiger partial charge on any atom is 0.416 e. The zero-order valence-corrected chi connectivity index (χ0v) is 19.8. The SMILES string of the molecule is C[C@@H](N1CC[n+]2cc(-c3cccc(C(F)(F)F)c3)[nH]c2C1)[C@](O)(C[n+]1cnc[nH]1)c1ccc(F)cc1F. The van der Waals surface area contributed by atoms with Crippen LogP contribution in [-0.2, 0) is 31.4 Å². The molecule has 194 valence electrons. The van der Waals surface area contributed by atoms with Gasteiger partial charge in [0.25, 0.3) is 5.82 Å². The van der Waals surface area contributed by atoms with E-state index in [-0.39, 0.29) is 12.1 Å². The largest absolute Gasteiger partial charge is 0.416 e. The van der Waals surface area contributed by atoms with E-state index >= 15 is 0 Å². The molecule has 2 aromatic heterocycles. The highest BCUT2D eigenvalue weighted by atomic mass is 19.4. The van der Waals surface area contributed by atoms with Gasteiger partial charge >= 0.3 is 12.5 Å². The highest BCUT2D eigenvalue weighted by molar-refractivity contribution is 5.59. The molecule has 0 spiro atoms. The van der Waals surface area contributed by atoms with E-state index in [0.717, 1.165) is 30.1 Å². The zero-order valence-electron chi connectivity index (χ0n) is 19.8. The molecule has 3 N–H and O–H groups in total. The minimum Gasteiger partial charge on any atom is -0.379 e. The number of H-pyrrole nitrogens is 2. The number of aromatic amines is 2. The number of halogens is 5. The molecule has 0 saturated carbocycles. The van der Waals surface area contributed by atoms with Crippen molar-refractivity contribution in [1.82, 2.24) is 20.0 Å². The van der Waals surface area contributed by atoms with Crippen LogP contribution in [0.2, 0.25) is 0 Å². The summed E-state index contributed by atoms with van der Waals surface area (Å²) in [6, 6.07) is 7.52. The third-order valence-corrected chi connectivity index (χ3v) is 6.94. The molecule has 0 fully saturated rings. The van der Waals surface area contributed by atoms with Gasteiger partial charge in [-0.3, -0.25) is 4.90 Å². The number of alkyl halides is 3. The number of fused-ring (bicyclic) bond motifs is 1. The lowest BCUT2D eigenvalue weighted by Gasteiger charge is -2.40. The van der Waals surface area contributed by atoms with Gasteiger partial charge in [-0.15, -0.1) is 0 Å². The molecule has 2 atom stereocenters. The van der Waals surface area contributed by atoms with Gasteiger partial charge in [0.15, 0.2) is 5.69 Å². The Hall–Kier alpha value is -3.64. The minimum atomic E-state index is -4.45. The summed E-state index contributed by atoms with van der Waals surface area (Å²) in [7, 11) is 0. The Morgan fingerprint density at radius 3 is 2.68 bits per heavy atom. The maximum atomic E-state index is 14.9. The number of nitrogens with one attached hydrogen (secondary N) is 2. The molecule has 4 aromatic rings. The molecule has 7 nitrogen and oxygen atoms in total. The van der Waals surface area contributed by atoms with Crippen LogP contribution in [0, 0.1) is 11.6 Å². The highest BCUT2D eigenvalue weighted by Gasteiger charge is 2.45. The number of rotatable bonds is 6.